The summed E-state index contributed by atoms with van der Waals surface area (Å²) < 4.78 is 5.31. The van der Waals surface area contributed by atoms with E-state index in [1.165, 1.54) is 0 Å². The first-order valence-electron chi connectivity index (χ1n) is 7.29. The van der Waals surface area contributed by atoms with Crippen LogP contribution in [0.3, 0.4) is 0 Å². The molecule has 1 unspecified atom stereocenters. The number of hydrogen-bond acceptors (Lipinski definition) is 6. The number of aromatic nitrogens is 2. The van der Waals surface area contributed by atoms with Crippen molar-refractivity contribution in [3.8, 4) is 0 Å². The second kappa shape index (κ2) is 6.20. The Bertz CT molecular complexity index is 425. The van der Waals surface area contributed by atoms with E-state index in [-0.39, 0.29) is 5.54 Å². The summed E-state index contributed by atoms with van der Waals surface area (Å²) in [5, 5.41) is 7.46. The molecule has 1 aliphatic rings. The van der Waals surface area contributed by atoms with Crippen molar-refractivity contribution < 1.29 is 4.52 Å². The number of nitrogens with one attached hydrogen (secondary N) is 1. The molecule has 6 nitrogen and oxygen atoms in total. The summed E-state index contributed by atoms with van der Waals surface area (Å²) in [6.07, 6.45) is 0.847. The highest BCUT2D eigenvalue weighted by atomic mass is 16.5. The van der Waals surface area contributed by atoms with Crippen LogP contribution in [0.5, 0.6) is 0 Å². The Morgan fingerprint density at radius 3 is 2.75 bits per heavy atom. The molecule has 2 heterocycles. The molecule has 6 heteroatoms. The topological polar surface area (TPSA) is 57.4 Å². The van der Waals surface area contributed by atoms with E-state index in [1.807, 2.05) is 0 Å². The van der Waals surface area contributed by atoms with Crippen LogP contribution < -0.4 is 5.32 Å². The Kier molecular flexibility index (Phi) is 4.78. The van der Waals surface area contributed by atoms with Crippen LogP contribution in [0, 0.1) is 0 Å². The maximum absolute atomic E-state index is 5.31. The summed E-state index contributed by atoms with van der Waals surface area (Å²) in [6, 6.07) is 0.467. The van der Waals surface area contributed by atoms with E-state index < -0.39 is 0 Å². The normalized spacial score (nSPS) is 22.4. The number of nitrogens with zero attached hydrogens (tertiary/aromatic N) is 4. The fraction of sp³-hybridized carbons (Fsp3) is 0.857. The Morgan fingerprint density at radius 1 is 1.30 bits per heavy atom. The molecule has 1 aromatic rings. The van der Waals surface area contributed by atoms with Gasteiger partial charge in [-0.1, -0.05) is 5.16 Å². The first-order chi connectivity index (χ1) is 9.33. The van der Waals surface area contributed by atoms with Gasteiger partial charge in [-0.25, -0.2) is 0 Å². The molecule has 1 aromatic heterocycles. The summed E-state index contributed by atoms with van der Waals surface area (Å²) >= 11 is 0. The highest BCUT2D eigenvalue weighted by Crippen LogP contribution is 2.11. The molecule has 114 valence electrons. The third-order valence-electron chi connectivity index (χ3n) is 3.68. The van der Waals surface area contributed by atoms with E-state index in [4.69, 9.17) is 4.52 Å². The largest absolute Gasteiger partial charge is 0.338 e. The van der Waals surface area contributed by atoms with Crippen molar-refractivity contribution in [3.05, 3.63) is 11.7 Å². The van der Waals surface area contributed by atoms with Gasteiger partial charge in [-0.3, -0.25) is 0 Å². The minimum absolute atomic E-state index is 0.0565. The molecule has 0 spiro atoms. The molecular formula is C14H27N5O. The van der Waals surface area contributed by atoms with Gasteiger partial charge in [0.05, 0.1) is 6.54 Å². The van der Waals surface area contributed by atoms with E-state index in [2.05, 4.69) is 60.1 Å². The van der Waals surface area contributed by atoms with Gasteiger partial charge in [0.25, 0.3) is 0 Å². The van der Waals surface area contributed by atoms with Gasteiger partial charge in [0.15, 0.2) is 5.82 Å². The molecule has 1 saturated heterocycles. The monoisotopic (exact) mass is 281 g/mol. The van der Waals surface area contributed by atoms with Crippen molar-refractivity contribution in [2.24, 2.45) is 0 Å². The van der Waals surface area contributed by atoms with Gasteiger partial charge < -0.3 is 19.6 Å². The van der Waals surface area contributed by atoms with Crippen molar-refractivity contribution in [3.63, 3.8) is 0 Å². The zero-order valence-corrected chi connectivity index (χ0v) is 13.3. The molecule has 0 radical (unpaired) electrons. The Hall–Kier alpha value is -0.980. The average Bonchev–Trinajstić information content (AvgIpc) is 2.78. The lowest BCUT2D eigenvalue weighted by Crippen LogP contribution is -2.50. The summed E-state index contributed by atoms with van der Waals surface area (Å²) in [6.45, 7) is 10.3. The first kappa shape index (κ1) is 15.4. The second-order valence-corrected chi connectivity index (χ2v) is 6.81. The fourth-order valence-electron chi connectivity index (χ4n) is 2.32. The summed E-state index contributed by atoms with van der Waals surface area (Å²) in [5.41, 5.74) is 0.0565. The lowest BCUT2D eigenvalue weighted by atomic mass is 10.1. The molecule has 0 saturated carbocycles. The smallest absolute Gasteiger partial charge is 0.240 e. The molecule has 1 atom stereocenters. The minimum atomic E-state index is 0.0565. The highest BCUT2D eigenvalue weighted by molar-refractivity contribution is 4.93. The first-order valence-corrected chi connectivity index (χ1v) is 7.29. The number of piperazine rings is 1. The number of hydrogen-bond donors (Lipinski definition) is 1. The molecule has 20 heavy (non-hydrogen) atoms. The molecule has 0 aromatic carbocycles. The van der Waals surface area contributed by atoms with E-state index in [9.17, 15) is 0 Å². The number of rotatable bonds is 4. The molecule has 1 N–H and O–H groups in total. The van der Waals surface area contributed by atoms with Crippen molar-refractivity contribution in [1.82, 2.24) is 25.3 Å². The molecular weight excluding hydrogens is 254 g/mol. The Labute approximate surface area is 121 Å². The quantitative estimate of drug-likeness (QED) is 0.879. The van der Waals surface area contributed by atoms with Crippen LogP contribution in [0.4, 0.5) is 0 Å². The predicted octanol–water partition coefficient (Wildman–Crippen LogP) is 0.746. The Morgan fingerprint density at radius 2 is 2.05 bits per heavy atom. The van der Waals surface area contributed by atoms with Crippen LogP contribution >= 0.6 is 0 Å². The van der Waals surface area contributed by atoms with Crippen LogP contribution in [0.1, 0.15) is 32.5 Å². The zero-order valence-electron chi connectivity index (χ0n) is 13.3. The third-order valence-corrected chi connectivity index (χ3v) is 3.68. The summed E-state index contributed by atoms with van der Waals surface area (Å²) in [7, 11) is 4.33. The summed E-state index contributed by atoms with van der Waals surface area (Å²) in [5.74, 6) is 1.48. The van der Waals surface area contributed by atoms with E-state index in [0.29, 0.717) is 18.5 Å². The van der Waals surface area contributed by atoms with Gasteiger partial charge in [-0.2, -0.15) is 4.98 Å². The maximum atomic E-state index is 5.31. The van der Waals surface area contributed by atoms with Crippen molar-refractivity contribution in [2.75, 3.05) is 33.7 Å². The average molecular weight is 281 g/mol. The van der Waals surface area contributed by atoms with Crippen LogP contribution in [0.25, 0.3) is 0 Å². The number of likely N-dealkylation sites (N-methyl/N-ethyl adjacent to an activating group) is 2. The maximum Gasteiger partial charge on any atom is 0.240 e. The molecule has 0 bridgehead atoms. The van der Waals surface area contributed by atoms with Crippen LogP contribution in [0.2, 0.25) is 0 Å². The van der Waals surface area contributed by atoms with E-state index in [1.54, 1.807) is 0 Å². The molecule has 0 amide bonds. The lowest BCUT2D eigenvalue weighted by Gasteiger charge is -2.37. The fourth-order valence-corrected chi connectivity index (χ4v) is 2.32. The lowest BCUT2D eigenvalue weighted by molar-refractivity contribution is 0.113. The zero-order chi connectivity index (χ0) is 14.8. The molecule has 0 aliphatic carbocycles. The van der Waals surface area contributed by atoms with Crippen LogP contribution in [-0.2, 0) is 13.0 Å². The van der Waals surface area contributed by atoms with E-state index >= 15 is 0 Å². The van der Waals surface area contributed by atoms with Crippen molar-refractivity contribution in [1.29, 1.82) is 0 Å². The minimum Gasteiger partial charge on any atom is -0.338 e. The van der Waals surface area contributed by atoms with E-state index in [0.717, 1.165) is 31.9 Å². The highest BCUT2D eigenvalue weighted by Gasteiger charge is 2.24. The third kappa shape index (κ3) is 4.54. The second-order valence-electron chi connectivity index (χ2n) is 6.81. The predicted molar refractivity (Wildman–Crippen MR) is 78.5 cm³/mol. The Balaban J connectivity index is 1.89. The van der Waals surface area contributed by atoms with Crippen molar-refractivity contribution >= 4 is 0 Å². The molecule has 1 fully saturated rings. The van der Waals surface area contributed by atoms with Crippen molar-refractivity contribution in [2.45, 2.75) is 45.3 Å². The van der Waals surface area contributed by atoms with Gasteiger partial charge in [0.1, 0.15) is 0 Å². The van der Waals surface area contributed by atoms with Crippen LogP contribution in [-0.4, -0.2) is 65.3 Å². The van der Waals surface area contributed by atoms with Gasteiger partial charge in [0, 0.05) is 37.6 Å². The van der Waals surface area contributed by atoms with Gasteiger partial charge in [-0.05, 0) is 34.9 Å². The van der Waals surface area contributed by atoms with Gasteiger partial charge in [0.2, 0.25) is 5.89 Å². The molecule has 2 rings (SSSR count). The SMILES string of the molecule is CN1CCN(C)C(Cc2noc(CNC(C)(C)C)n2)C1. The summed E-state index contributed by atoms with van der Waals surface area (Å²) in [4.78, 5) is 9.21. The van der Waals surface area contributed by atoms with Gasteiger partial charge in [-0.15, -0.1) is 0 Å². The van der Waals surface area contributed by atoms with Gasteiger partial charge >= 0.3 is 0 Å². The standard InChI is InChI=1S/C14H27N5O/c1-14(2,3)15-9-13-16-12(17-20-13)8-11-10-18(4)6-7-19(11)5/h11,15H,6-10H2,1-5H3. The molecule has 1 aliphatic heterocycles. The van der Waals surface area contributed by atoms with Crippen LogP contribution in [0.15, 0.2) is 4.52 Å².